The molecule has 1 saturated heterocycles. The fourth-order valence-corrected chi connectivity index (χ4v) is 3.18. The van der Waals surface area contributed by atoms with Crippen molar-refractivity contribution in [1.82, 2.24) is 4.90 Å². The highest BCUT2D eigenvalue weighted by Gasteiger charge is 2.28. The molecule has 4 heteroatoms. The number of likely N-dealkylation sites (tertiary alicyclic amines) is 1. The van der Waals surface area contributed by atoms with Crippen LogP contribution in [0.4, 0.5) is 5.69 Å². The van der Waals surface area contributed by atoms with Gasteiger partial charge in [-0.1, -0.05) is 24.6 Å². The maximum atomic E-state index is 12.7. The van der Waals surface area contributed by atoms with Gasteiger partial charge < -0.3 is 10.6 Å². The third-order valence-corrected chi connectivity index (χ3v) is 4.29. The fraction of sp³-hybridized carbons (Fsp3) is 0.588. The van der Waals surface area contributed by atoms with E-state index >= 15 is 0 Å². The molecule has 2 N–H and O–H groups in total. The Bertz CT molecular complexity index is 447. The van der Waals surface area contributed by atoms with Crippen LogP contribution in [-0.2, 0) is 4.79 Å². The average Bonchev–Trinajstić information content (AvgIpc) is 2.49. The van der Waals surface area contributed by atoms with Gasteiger partial charge >= 0.3 is 0 Å². The molecular weight excluding hydrogens is 262 g/mol. The van der Waals surface area contributed by atoms with Gasteiger partial charge in [-0.05, 0) is 45.4 Å². The first kappa shape index (κ1) is 16.0. The van der Waals surface area contributed by atoms with Crippen LogP contribution in [0.25, 0.3) is 0 Å². The van der Waals surface area contributed by atoms with E-state index in [1.165, 1.54) is 6.42 Å². The predicted octanol–water partition coefficient (Wildman–Crippen LogP) is 2.24. The van der Waals surface area contributed by atoms with Crippen LogP contribution < -0.4 is 10.6 Å². The number of hydrogen-bond acceptors (Lipinski definition) is 3. The Morgan fingerprint density at radius 3 is 2.71 bits per heavy atom. The number of benzene rings is 1. The maximum absolute atomic E-state index is 12.7. The molecule has 116 valence electrons. The van der Waals surface area contributed by atoms with E-state index in [-0.39, 0.29) is 11.9 Å². The number of amides is 1. The van der Waals surface area contributed by atoms with Crippen molar-refractivity contribution in [2.75, 3.05) is 24.5 Å². The van der Waals surface area contributed by atoms with Crippen molar-refractivity contribution in [3.63, 3.8) is 0 Å². The van der Waals surface area contributed by atoms with Gasteiger partial charge in [0.1, 0.15) is 0 Å². The molecule has 2 atom stereocenters. The lowest BCUT2D eigenvalue weighted by atomic mass is 9.97. The lowest BCUT2D eigenvalue weighted by molar-refractivity contribution is -0.120. The first-order chi connectivity index (χ1) is 10.1. The lowest BCUT2D eigenvalue weighted by Crippen LogP contribution is -2.52. The standard InChI is InChI=1S/C17H27N3O/c1-3-20(15-9-5-4-6-10-15)17(21)13-19-12-8-7-11-16(19)14(2)18/h4-6,9-10,14,16H,3,7-8,11-13,18H2,1-2H3. The summed E-state index contributed by atoms with van der Waals surface area (Å²) in [4.78, 5) is 16.8. The number of nitrogens with zero attached hydrogens (tertiary/aromatic N) is 2. The zero-order valence-corrected chi connectivity index (χ0v) is 13.2. The summed E-state index contributed by atoms with van der Waals surface area (Å²) in [5, 5.41) is 0. The monoisotopic (exact) mass is 289 g/mol. The van der Waals surface area contributed by atoms with Gasteiger partial charge in [0.25, 0.3) is 0 Å². The molecule has 1 aliphatic heterocycles. The summed E-state index contributed by atoms with van der Waals surface area (Å²) in [5.74, 6) is 0.163. The first-order valence-corrected chi connectivity index (χ1v) is 7.98. The molecule has 4 nitrogen and oxygen atoms in total. The van der Waals surface area contributed by atoms with Crippen molar-refractivity contribution in [2.24, 2.45) is 5.73 Å². The average molecular weight is 289 g/mol. The van der Waals surface area contributed by atoms with Crippen LogP contribution >= 0.6 is 0 Å². The van der Waals surface area contributed by atoms with E-state index in [9.17, 15) is 4.79 Å². The molecule has 0 saturated carbocycles. The van der Waals surface area contributed by atoms with Crippen LogP contribution in [-0.4, -0.2) is 42.5 Å². The smallest absolute Gasteiger partial charge is 0.241 e. The molecule has 0 radical (unpaired) electrons. The Balaban J connectivity index is 2.04. The van der Waals surface area contributed by atoms with Crippen LogP contribution in [0.3, 0.4) is 0 Å². The fourth-order valence-electron chi connectivity index (χ4n) is 3.18. The number of piperidine rings is 1. The second-order valence-electron chi connectivity index (χ2n) is 5.87. The van der Waals surface area contributed by atoms with Crippen LogP contribution in [0.5, 0.6) is 0 Å². The molecule has 21 heavy (non-hydrogen) atoms. The summed E-state index contributed by atoms with van der Waals surface area (Å²) >= 11 is 0. The Labute approximate surface area is 127 Å². The third kappa shape index (κ3) is 4.05. The van der Waals surface area contributed by atoms with Crippen molar-refractivity contribution in [1.29, 1.82) is 0 Å². The number of likely N-dealkylation sites (N-methyl/N-ethyl adjacent to an activating group) is 1. The molecule has 2 unspecified atom stereocenters. The van der Waals surface area contributed by atoms with Gasteiger partial charge in [-0.15, -0.1) is 0 Å². The number of anilines is 1. The minimum atomic E-state index is 0.116. The van der Waals surface area contributed by atoms with E-state index in [1.54, 1.807) is 0 Å². The van der Waals surface area contributed by atoms with E-state index in [4.69, 9.17) is 5.73 Å². The van der Waals surface area contributed by atoms with E-state index in [0.29, 0.717) is 19.1 Å². The van der Waals surface area contributed by atoms with E-state index in [1.807, 2.05) is 49.1 Å². The summed E-state index contributed by atoms with van der Waals surface area (Å²) in [6.45, 7) is 6.20. The predicted molar refractivity (Wildman–Crippen MR) is 87.3 cm³/mol. The number of nitrogens with two attached hydrogens (primary N) is 1. The Hall–Kier alpha value is -1.39. The van der Waals surface area contributed by atoms with Gasteiger partial charge in [-0.2, -0.15) is 0 Å². The molecule has 2 rings (SSSR count). The van der Waals surface area contributed by atoms with Crippen molar-refractivity contribution < 1.29 is 4.79 Å². The summed E-state index contributed by atoms with van der Waals surface area (Å²) in [7, 11) is 0. The number of carbonyl (C=O) groups excluding carboxylic acids is 1. The van der Waals surface area contributed by atoms with Gasteiger partial charge in [0.2, 0.25) is 5.91 Å². The molecule has 1 amide bonds. The molecule has 1 heterocycles. The maximum Gasteiger partial charge on any atom is 0.241 e. The molecule has 1 aliphatic rings. The van der Waals surface area contributed by atoms with E-state index in [0.717, 1.165) is 25.1 Å². The van der Waals surface area contributed by atoms with Crippen LogP contribution in [0.2, 0.25) is 0 Å². The van der Waals surface area contributed by atoms with Crippen LogP contribution in [0.15, 0.2) is 30.3 Å². The van der Waals surface area contributed by atoms with E-state index < -0.39 is 0 Å². The van der Waals surface area contributed by atoms with Gasteiger partial charge in [-0.3, -0.25) is 9.69 Å². The summed E-state index contributed by atoms with van der Waals surface area (Å²) < 4.78 is 0. The topological polar surface area (TPSA) is 49.6 Å². The quantitative estimate of drug-likeness (QED) is 0.904. The highest BCUT2D eigenvalue weighted by molar-refractivity contribution is 5.94. The van der Waals surface area contributed by atoms with Crippen molar-refractivity contribution >= 4 is 11.6 Å². The molecule has 0 spiro atoms. The van der Waals surface area contributed by atoms with Gasteiger partial charge in [0.15, 0.2) is 0 Å². The van der Waals surface area contributed by atoms with Crippen LogP contribution in [0.1, 0.15) is 33.1 Å². The van der Waals surface area contributed by atoms with Crippen LogP contribution in [0, 0.1) is 0 Å². The number of para-hydroxylation sites is 1. The van der Waals surface area contributed by atoms with Gasteiger partial charge in [0.05, 0.1) is 6.54 Å². The number of hydrogen-bond donors (Lipinski definition) is 1. The molecule has 1 aromatic carbocycles. The molecule has 1 fully saturated rings. The molecule has 0 bridgehead atoms. The minimum absolute atomic E-state index is 0.116. The number of carbonyl (C=O) groups is 1. The third-order valence-electron chi connectivity index (χ3n) is 4.29. The second kappa shape index (κ2) is 7.57. The highest BCUT2D eigenvalue weighted by Crippen LogP contribution is 2.20. The largest absolute Gasteiger partial charge is 0.327 e. The SMILES string of the molecule is CCN(C(=O)CN1CCCCC1C(C)N)c1ccccc1. The molecule has 0 aromatic heterocycles. The summed E-state index contributed by atoms with van der Waals surface area (Å²) in [5.41, 5.74) is 7.06. The van der Waals surface area contributed by atoms with Crippen molar-refractivity contribution in [3.8, 4) is 0 Å². The first-order valence-electron chi connectivity index (χ1n) is 7.98. The normalized spacial score (nSPS) is 21.0. The van der Waals surface area contributed by atoms with Crippen molar-refractivity contribution in [2.45, 2.75) is 45.2 Å². The second-order valence-corrected chi connectivity index (χ2v) is 5.87. The summed E-state index contributed by atoms with van der Waals surface area (Å²) in [6, 6.07) is 10.3. The minimum Gasteiger partial charge on any atom is -0.327 e. The Kier molecular flexibility index (Phi) is 5.76. The Morgan fingerprint density at radius 2 is 2.10 bits per heavy atom. The molecular formula is C17H27N3O. The Morgan fingerprint density at radius 1 is 1.38 bits per heavy atom. The van der Waals surface area contributed by atoms with Gasteiger partial charge in [-0.25, -0.2) is 0 Å². The lowest BCUT2D eigenvalue weighted by Gasteiger charge is -2.38. The molecule has 0 aliphatic carbocycles. The van der Waals surface area contributed by atoms with Crippen molar-refractivity contribution in [3.05, 3.63) is 30.3 Å². The van der Waals surface area contributed by atoms with E-state index in [2.05, 4.69) is 4.90 Å². The highest BCUT2D eigenvalue weighted by atomic mass is 16.2. The van der Waals surface area contributed by atoms with Gasteiger partial charge in [0, 0.05) is 24.3 Å². The number of rotatable bonds is 5. The zero-order valence-electron chi connectivity index (χ0n) is 13.2. The summed E-state index contributed by atoms with van der Waals surface area (Å²) in [6.07, 6.45) is 3.48. The zero-order chi connectivity index (χ0) is 15.2. The molecule has 1 aromatic rings.